The molecule has 0 saturated carbocycles. The number of carbonyl (C=O) groups is 1. The summed E-state index contributed by atoms with van der Waals surface area (Å²) in [5, 5.41) is 0. The van der Waals surface area contributed by atoms with Gasteiger partial charge in [0.25, 0.3) is 0 Å². The number of amides is 1. The van der Waals surface area contributed by atoms with Crippen molar-refractivity contribution in [3.63, 3.8) is 0 Å². The van der Waals surface area contributed by atoms with E-state index < -0.39 is 0 Å². The Morgan fingerprint density at radius 2 is 1.42 bits per heavy atom. The molecule has 4 rings (SSSR count). The van der Waals surface area contributed by atoms with E-state index in [0.717, 1.165) is 25.8 Å². The van der Waals surface area contributed by atoms with Gasteiger partial charge in [0.2, 0.25) is 5.91 Å². The third kappa shape index (κ3) is 2.63. The molecule has 0 saturated heterocycles. The van der Waals surface area contributed by atoms with Crippen LogP contribution in [0, 0.1) is 0 Å². The second-order valence-electron chi connectivity index (χ2n) is 7.18. The van der Waals surface area contributed by atoms with Crippen molar-refractivity contribution in [2.45, 2.75) is 37.9 Å². The summed E-state index contributed by atoms with van der Waals surface area (Å²) in [6.07, 6.45) is 2.77. The Morgan fingerprint density at radius 3 is 2.00 bits per heavy atom. The van der Waals surface area contributed by atoms with Gasteiger partial charge in [-0.1, -0.05) is 48.5 Å². The van der Waals surface area contributed by atoms with E-state index in [1.165, 1.54) is 22.3 Å². The summed E-state index contributed by atoms with van der Waals surface area (Å²) in [4.78, 5) is 17.3. The number of hydrogen-bond donors (Lipinski definition) is 0. The third-order valence-corrected chi connectivity index (χ3v) is 5.69. The lowest BCUT2D eigenvalue weighted by Gasteiger charge is -2.37. The van der Waals surface area contributed by atoms with Crippen molar-refractivity contribution in [3.05, 3.63) is 70.8 Å². The molecule has 1 atom stereocenters. The number of rotatable bonds is 2. The maximum absolute atomic E-state index is 13.1. The molecule has 3 nitrogen and oxygen atoms in total. The summed E-state index contributed by atoms with van der Waals surface area (Å²) in [5.41, 5.74) is 5.45. The fourth-order valence-electron chi connectivity index (χ4n) is 4.15. The van der Waals surface area contributed by atoms with E-state index in [0.29, 0.717) is 6.04 Å². The van der Waals surface area contributed by atoms with Crippen molar-refractivity contribution in [1.82, 2.24) is 9.80 Å². The van der Waals surface area contributed by atoms with Gasteiger partial charge >= 0.3 is 0 Å². The Bertz CT molecular complexity index is 745. The van der Waals surface area contributed by atoms with Crippen LogP contribution in [0.4, 0.5) is 0 Å². The van der Waals surface area contributed by atoms with Crippen LogP contribution >= 0.6 is 0 Å². The van der Waals surface area contributed by atoms with Crippen molar-refractivity contribution >= 4 is 5.91 Å². The minimum absolute atomic E-state index is 0.0476. The van der Waals surface area contributed by atoms with Crippen LogP contribution in [0.1, 0.15) is 22.3 Å². The van der Waals surface area contributed by atoms with Gasteiger partial charge < -0.3 is 4.90 Å². The van der Waals surface area contributed by atoms with Gasteiger partial charge in [0.15, 0.2) is 0 Å². The molecule has 0 unspecified atom stereocenters. The maximum atomic E-state index is 13.1. The van der Waals surface area contributed by atoms with Gasteiger partial charge in [-0.25, -0.2) is 0 Å². The fourth-order valence-corrected chi connectivity index (χ4v) is 4.15. The number of carbonyl (C=O) groups excluding carboxylic acids is 1. The first-order chi connectivity index (χ1) is 11.6. The zero-order chi connectivity index (χ0) is 16.7. The highest BCUT2D eigenvalue weighted by Gasteiger charge is 2.35. The molecular weight excluding hydrogens is 296 g/mol. The Balaban J connectivity index is 1.50. The van der Waals surface area contributed by atoms with E-state index in [9.17, 15) is 4.79 Å². The second kappa shape index (κ2) is 6.06. The molecule has 1 aliphatic heterocycles. The predicted octanol–water partition coefficient (Wildman–Crippen LogP) is 2.67. The quantitative estimate of drug-likeness (QED) is 0.849. The smallest absolute Gasteiger partial charge is 0.240 e. The van der Waals surface area contributed by atoms with Crippen LogP contribution in [-0.4, -0.2) is 41.9 Å². The first-order valence-electron chi connectivity index (χ1n) is 8.74. The molecule has 1 heterocycles. The molecule has 2 aliphatic rings. The molecule has 3 heteroatoms. The predicted molar refractivity (Wildman–Crippen MR) is 95.8 cm³/mol. The lowest BCUT2D eigenvalue weighted by atomic mass is 9.93. The molecule has 1 amide bonds. The average molecular weight is 320 g/mol. The van der Waals surface area contributed by atoms with E-state index in [-0.39, 0.29) is 11.9 Å². The Morgan fingerprint density at radius 1 is 0.917 bits per heavy atom. The van der Waals surface area contributed by atoms with Gasteiger partial charge in [0.05, 0.1) is 6.04 Å². The van der Waals surface area contributed by atoms with Gasteiger partial charge in [-0.3, -0.25) is 9.69 Å². The Hall–Kier alpha value is -2.13. The lowest BCUT2D eigenvalue weighted by Crippen LogP contribution is -2.51. The molecule has 1 aliphatic carbocycles. The average Bonchev–Trinajstić information content (AvgIpc) is 3.04. The van der Waals surface area contributed by atoms with Gasteiger partial charge in [-0.05, 0) is 48.6 Å². The van der Waals surface area contributed by atoms with Gasteiger partial charge in [-0.15, -0.1) is 0 Å². The van der Waals surface area contributed by atoms with Crippen LogP contribution in [0.2, 0.25) is 0 Å². The molecule has 0 N–H and O–H groups in total. The SMILES string of the molecule is CN(C(=O)[C@@H]1Cc2ccccc2CN1C)C1Cc2ccccc2C1. The van der Waals surface area contributed by atoms with Gasteiger partial charge in [0, 0.05) is 19.6 Å². The maximum Gasteiger partial charge on any atom is 0.240 e. The molecule has 2 aromatic rings. The van der Waals surface area contributed by atoms with Crippen molar-refractivity contribution in [3.8, 4) is 0 Å². The molecule has 24 heavy (non-hydrogen) atoms. The van der Waals surface area contributed by atoms with E-state index >= 15 is 0 Å². The zero-order valence-corrected chi connectivity index (χ0v) is 14.4. The number of fused-ring (bicyclic) bond motifs is 2. The van der Waals surface area contributed by atoms with Crippen molar-refractivity contribution in [2.24, 2.45) is 0 Å². The summed E-state index contributed by atoms with van der Waals surface area (Å²) in [5.74, 6) is 0.254. The van der Waals surface area contributed by atoms with Crippen molar-refractivity contribution in [2.75, 3.05) is 14.1 Å². The number of benzene rings is 2. The van der Waals surface area contributed by atoms with E-state index in [2.05, 4.69) is 60.5 Å². The van der Waals surface area contributed by atoms with Crippen LogP contribution in [0.25, 0.3) is 0 Å². The van der Waals surface area contributed by atoms with Crippen LogP contribution in [0.5, 0.6) is 0 Å². The molecular formula is C21H24N2O. The largest absolute Gasteiger partial charge is 0.341 e. The number of likely N-dealkylation sites (N-methyl/N-ethyl adjacent to an activating group) is 2. The van der Waals surface area contributed by atoms with Gasteiger partial charge in [0.1, 0.15) is 0 Å². The lowest BCUT2D eigenvalue weighted by molar-refractivity contribution is -0.137. The normalized spacial score (nSPS) is 20.5. The molecule has 0 bridgehead atoms. The monoisotopic (exact) mass is 320 g/mol. The zero-order valence-electron chi connectivity index (χ0n) is 14.4. The van der Waals surface area contributed by atoms with E-state index in [1.807, 2.05) is 11.9 Å². The van der Waals surface area contributed by atoms with Crippen molar-refractivity contribution in [1.29, 1.82) is 0 Å². The highest BCUT2D eigenvalue weighted by Crippen LogP contribution is 2.27. The fraction of sp³-hybridized carbons (Fsp3) is 0.381. The molecule has 124 valence electrons. The molecule has 2 aromatic carbocycles. The summed E-state index contributed by atoms with van der Waals surface area (Å²) in [6.45, 7) is 0.852. The van der Waals surface area contributed by atoms with Crippen molar-refractivity contribution < 1.29 is 4.79 Å². The molecule has 0 spiro atoms. The van der Waals surface area contributed by atoms with E-state index in [1.54, 1.807) is 0 Å². The summed E-state index contributed by atoms with van der Waals surface area (Å²) in [7, 11) is 4.04. The van der Waals surface area contributed by atoms with Crippen LogP contribution in [0.15, 0.2) is 48.5 Å². The van der Waals surface area contributed by atoms with E-state index in [4.69, 9.17) is 0 Å². The molecule has 0 radical (unpaired) electrons. The topological polar surface area (TPSA) is 23.6 Å². The van der Waals surface area contributed by atoms with Crippen LogP contribution < -0.4 is 0 Å². The van der Waals surface area contributed by atoms with Crippen LogP contribution in [0.3, 0.4) is 0 Å². The Labute approximate surface area is 143 Å². The minimum Gasteiger partial charge on any atom is -0.341 e. The number of nitrogens with zero attached hydrogens (tertiary/aromatic N) is 2. The standard InChI is InChI=1S/C21H24N2O/c1-22-14-18-10-6-5-9-17(18)13-20(22)21(24)23(2)19-11-15-7-3-4-8-16(15)12-19/h3-10,19-20H,11-14H2,1-2H3/t20-/m0/s1. The Kier molecular flexibility index (Phi) is 3.89. The summed E-state index contributed by atoms with van der Waals surface area (Å²) < 4.78 is 0. The summed E-state index contributed by atoms with van der Waals surface area (Å²) in [6, 6.07) is 17.3. The first kappa shape index (κ1) is 15.4. The minimum atomic E-state index is -0.0476. The highest BCUT2D eigenvalue weighted by molar-refractivity contribution is 5.83. The summed E-state index contributed by atoms with van der Waals surface area (Å²) >= 11 is 0. The first-order valence-corrected chi connectivity index (χ1v) is 8.74. The van der Waals surface area contributed by atoms with Gasteiger partial charge in [-0.2, -0.15) is 0 Å². The third-order valence-electron chi connectivity index (χ3n) is 5.69. The number of hydrogen-bond acceptors (Lipinski definition) is 2. The second-order valence-corrected chi connectivity index (χ2v) is 7.18. The highest BCUT2D eigenvalue weighted by atomic mass is 16.2. The van der Waals surface area contributed by atoms with Crippen LogP contribution in [-0.2, 0) is 30.6 Å². The molecule has 0 aromatic heterocycles. The molecule has 0 fully saturated rings.